The highest BCUT2D eigenvalue weighted by Gasteiger charge is 2.49. The van der Waals surface area contributed by atoms with Gasteiger partial charge in [0, 0.05) is 66.5 Å². The van der Waals surface area contributed by atoms with E-state index in [2.05, 4.69) is 159 Å². The van der Waals surface area contributed by atoms with Crippen molar-refractivity contribution >= 4 is 107 Å². The fourth-order valence-electron chi connectivity index (χ4n) is 11.2. The van der Waals surface area contributed by atoms with Crippen molar-refractivity contribution in [2.24, 2.45) is 0 Å². The summed E-state index contributed by atoms with van der Waals surface area (Å²) in [6.45, 7) is 13.8. The summed E-state index contributed by atoms with van der Waals surface area (Å²) in [6.07, 6.45) is 0. The molecule has 0 N–H and O–H groups in total. The summed E-state index contributed by atoms with van der Waals surface area (Å²) in [7, 11) is 0. The molecule has 0 bridgehead atoms. The summed E-state index contributed by atoms with van der Waals surface area (Å²) in [5.74, 6) is 0. The lowest BCUT2D eigenvalue weighted by atomic mass is 9.29. The second-order valence-electron chi connectivity index (χ2n) is 16.6. The zero-order valence-corrected chi connectivity index (χ0v) is 30.8. The maximum Gasteiger partial charge on any atom is 0.252 e. The van der Waals surface area contributed by atoms with E-state index in [-0.39, 0.29) is 13.4 Å². The van der Waals surface area contributed by atoms with Crippen LogP contribution in [0.25, 0.3) is 55.0 Å². The Morgan fingerprint density at radius 3 is 1.53 bits per heavy atom. The first kappa shape index (κ1) is 28.6. The maximum absolute atomic E-state index is 2.72. The van der Waals surface area contributed by atoms with Gasteiger partial charge >= 0.3 is 0 Å². The summed E-state index contributed by atoms with van der Waals surface area (Å²) in [5.41, 5.74) is 28.3. The molecule has 0 radical (unpaired) electrons. The van der Waals surface area contributed by atoms with Gasteiger partial charge in [0.2, 0.25) is 0 Å². The Hall–Kier alpha value is -5.93. The van der Waals surface area contributed by atoms with Crippen molar-refractivity contribution in [3.8, 4) is 11.4 Å². The fourth-order valence-corrected chi connectivity index (χ4v) is 11.2. The summed E-state index contributed by atoms with van der Waals surface area (Å²) in [4.78, 5) is 2.58. The monoisotopic (exact) mass is 675 g/mol. The van der Waals surface area contributed by atoms with Crippen molar-refractivity contribution < 1.29 is 0 Å². The first-order valence-electron chi connectivity index (χ1n) is 19.1. The number of fused-ring (bicyclic) bond motifs is 10. The van der Waals surface area contributed by atoms with Gasteiger partial charge in [0.15, 0.2) is 0 Å². The molecule has 13 rings (SSSR count). The zero-order valence-electron chi connectivity index (χ0n) is 30.8. The van der Waals surface area contributed by atoms with Crippen molar-refractivity contribution in [2.75, 3.05) is 4.90 Å². The van der Waals surface area contributed by atoms with Gasteiger partial charge in [-0.1, -0.05) is 81.9 Å². The van der Waals surface area contributed by atoms with Crippen LogP contribution in [-0.4, -0.2) is 22.6 Å². The Balaban J connectivity index is 1.32. The zero-order chi connectivity index (χ0) is 35.3. The van der Waals surface area contributed by atoms with Crippen LogP contribution in [0.15, 0.2) is 103 Å². The molecule has 53 heavy (non-hydrogen) atoms. The van der Waals surface area contributed by atoms with Crippen molar-refractivity contribution in [2.45, 2.75) is 41.5 Å². The second kappa shape index (κ2) is 9.16. The number of hydrogen-bond donors (Lipinski definition) is 0. The number of benzene rings is 7. The normalized spacial score (nSPS) is 14.1. The molecule has 5 heteroatoms. The average Bonchev–Trinajstić information content (AvgIpc) is 3.63. The third-order valence-electron chi connectivity index (χ3n) is 13.1. The molecule has 4 aliphatic rings. The highest BCUT2D eigenvalue weighted by Crippen LogP contribution is 2.46. The van der Waals surface area contributed by atoms with Gasteiger partial charge in [-0.15, -0.1) is 0 Å². The molecule has 2 aromatic heterocycles. The maximum atomic E-state index is 2.72. The van der Waals surface area contributed by atoms with Crippen LogP contribution in [0.5, 0.6) is 0 Å². The summed E-state index contributed by atoms with van der Waals surface area (Å²) in [5, 5.41) is 5.47. The van der Waals surface area contributed by atoms with Crippen molar-refractivity contribution in [3.63, 3.8) is 0 Å². The molecular formula is C48H35B2N3. The van der Waals surface area contributed by atoms with E-state index >= 15 is 0 Å². The minimum absolute atomic E-state index is 0.118. The standard InChI is InChI=1S/C48H35B2N3/c1-24-7-11-30(12-8-24)51-40-14-10-26(3)19-35(40)49-37-21-28(5)17-33-34-18-29(6)22-38-47(34)53(46(33)37)48-43(49)41(51)23-42-44(48)50(38)36-20-27(4)16-32-31-15-25(2)9-13-39(31)52(42)45(32)36/h7-23H,1-6H3. The van der Waals surface area contributed by atoms with Gasteiger partial charge in [-0.2, -0.15) is 0 Å². The van der Waals surface area contributed by atoms with Crippen LogP contribution in [0.1, 0.15) is 33.4 Å². The molecule has 7 aromatic carbocycles. The molecule has 4 aliphatic heterocycles. The third-order valence-corrected chi connectivity index (χ3v) is 13.1. The highest BCUT2D eigenvalue weighted by molar-refractivity contribution is 7.04. The van der Waals surface area contributed by atoms with E-state index in [4.69, 9.17) is 0 Å². The Labute approximate surface area is 309 Å². The van der Waals surface area contributed by atoms with Crippen molar-refractivity contribution in [1.82, 2.24) is 9.13 Å². The molecular weight excluding hydrogens is 640 g/mol. The number of aryl methyl sites for hydroxylation is 6. The molecule has 0 atom stereocenters. The molecule has 6 heterocycles. The van der Waals surface area contributed by atoms with Crippen LogP contribution in [-0.2, 0) is 0 Å². The van der Waals surface area contributed by atoms with E-state index in [9.17, 15) is 0 Å². The fraction of sp³-hybridized carbons (Fsp3) is 0.125. The van der Waals surface area contributed by atoms with Gasteiger partial charge in [-0.3, -0.25) is 0 Å². The third kappa shape index (κ3) is 3.24. The van der Waals surface area contributed by atoms with Crippen molar-refractivity contribution in [1.29, 1.82) is 0 Å². The molecule has 9 aromatic rings. The predicted molar refractivity (Wildman–Crippen MR) is 228 cm³/mol. The summed E-state index contributed by atoms with van der Waals surface area (Å²) in [6, 6.07) is 40.8. The Morgan fingerprint density at radius 2 is 0.868 bits per heavy atom. The number of rotatable bonds is 1. The number of nitrogens with zero attached hydrogens (tertiary/aromatic N) is 3. The topological polar surface area (TPSA) is 13.1 Å². The smallest absolute Gasteiger partial charge is 0.252 e. The van der Waals surface area contributed by atoms with Crippen LogP contribution >= 0.6 is 0 Å². The molecule has 0 fully saturated rings. The van der Waals surface area contributed by atoms with Gasteiger partial charge in [0.05, 0.1) is 5.52 Å². The van der Waals surface area contributed by atoms with Crippen LogP contribution in [0.2, 0.25) is 0 Å². The summed E-state index contributed by atoms with van der Waals surface area (Å²) >= 11 is 0. The minimum Gasteiger partial charge on any atom is -0.311 e. The van der Waals surface area contributed by atoms with Gasteiger partial charge in [0.1, 0.15) is 0 Å². The largest absolute Gasteiger partial charge is 0.311 e. The van der Waals surface area contributed by atoms with E-state index in [1.807, 2.05) is 0 Å². The number of hydrogen-bond acceptors (Lipinski definition) is 1. The van der Waals surface area contributed by atoms with E-state index < -0.39 is 0 Å². The van der Waals surface area contributed by atoms with Crippen LogP contribution < -0.4 is 37.7 Å². The molecule has 0 saturated carbocycles. The Morgan fingerprint density at radius 1 is 0.377 bits per heavy atom. The number of aromatic nitrogens is 2. The first-order valence-corrected chi connectivity index (χ1v) is 19.1. The molecule has 248 valence electrons. The quantitative estimate of drug-likeness (QED) is 0.165. The molecule has 3 nitrogen and oxygen atoms in total. The molecule has 0 amide bonds. The van der Waals surface area contributed by atoms with E-state index in [0.717, 1.165) is 0 Å². The number of anilines is 3. The van der Waals surface area contributed by atoms with Crippen LogP contribution in [0.4, 0.5) is 17.1 Å². The van der Waals surface area contributed by atoms with E-state index in [1.54, 1.807) is 0 Å². The van der Waals surface area contributed by atoms with Gasteiger partial charge in [0.25, 0.3) is 13.4 Å². The van der Waals surface area contributed by atoms with Gasteiger partial charge in [-0.05, 0) is 129 Å². The van der Waals surface area contributed by atoms with Gasteiger partial charge in [-0.25, -0.2) is 0 Å². The highest BCUT2D eigenvalue weighted by atomic mass is 15.2. The molecule has 0 aliphatic carbocycles. The molecule has 0 unspecified atom stereocenters. The Kier molecular flexibility index (Phi) is 4.95. The van der Waals surface area contributed by atoms with Crippen LogP contribution in [0.3, 0.4) is 0 Å². The lowest BCUT2D eigenvalue weighted by Gasteiger charge is -2.44. The minimum atomic E-state index is 0.118. The van der Waals surface area contributed by atoms with E-state index in [0.29, 0.717) is 0 Å². The van der Waals surface area contributed by atoms with Crippen molar-refractivity contribution in [3.05, 3.63) is 137 Å². The van der Waals surface area contributed by atoms with E-state index in [1.165, 1.54) is 138 Å². The predicted octanol–water partition coefficient (Wildman–Crippen LogP) is 7.49. The van der Waals surface area contributed by atoms with Crippen LogP contribution in [0, 0.1) is 41.5 Å². The van der Waals surface area contributed by atoms with Gasteiger partial charge < -0.3 is 14.0 Å². The average molecular weight is 675 g/mol. The lowest BCUT2D eigenvalue weighted by molar-refractivity contribution is 1.13. The Bertz CT molecular complexity index is 3250. The lowest BCUT2D eigenvalue weighted by Crippen LogP contribution is -2.67. The molecule has 0 spiro atoms. The SMILES string of the molecule is Cc1ccc(N2c3ccc(C)cc3B3c4c2cc2c5c4-n4c6c3cc(C)cc6c3cc(C)cc(c34)B5c3cc(C)cc4c5cc(C)ccc5n-2c34)cc1. The first-order chi connectivity index (χ1) is 25.7. The molecule has 0 saturated heterocycles. The summed E-state index contributed by atoms with van der Waals surface area (Å²) < 4.78 is 5.36. The second-order valence-corrected chi connectivity index (χ2v) is 16.6.